The van der Waals surface area contributed by atoms with Crippen molar-refractivity contribution in [2.45, 2.75) is 58.5 Å². The van der Waals surface area contributed by atoms with Crippen molar-refractivity contribution in [3.05, 3.63) is 64.2 Å². The Labute approximate surface area is 202 Å². The zero-order valence-electron chi connectivity index (χ0n) is 19.9. The molecule has 1 heterocycles. The van der Waals surface area contributed by atoms with Crippen LogP contribution in [0, 0.1) is 5.92 Å². The third kappa shape index (κ3) is 5.61. The number of ether oxygens (including phenoxy) is 1. The van der Waals surface area contributed by atoms with Gasteiger partial charge in [0.15, 0.2) is 0 Å². The van der Waals surface area contributed by atoms with Crippen LogP contribution >= 0.6 is 0 Å². The van der Waals surface area contributed by atoms with Gasteiger partial charge in [0.1, 0.15) is 12.4 Å². The molecule has 2 aliphatic rings. The van der Waals surface area contributed by atoms with Crippen LogP contribution in [0.5, 0.6) is 5.75 Å². The lowest BCUT2D eigenvalue weighted by Gasteiger charge is -2.41. The van der Waals surface area contributed by atoms with Crippen molar-refractivity contribution in [3.8, 4) is 5.75 Å². The maximum Gasteiger partial charge on any atom is 0.419 e. The summed E-state index contributed by atoms with van der Waals surface area (Å²) < 4.78 is 45.6. The minimum Gasteiger partial charge on any atom is -0.490 e. The van der Waals surface area contributed by atoms with Crippen LogP contribution in [0.3, 0.4) is 0 Å². The molecule has 1 N–H and O–H groups in total. The number of carbonyl (C=O) groups is 1. The van der Waals surface area contributed by atoms with Crippen molar-refractivity contribution in [2.75, 3.05) is 13.1 Å². The van der Waals surface area contributed by atoms with Crippen LogP contribution in [0.15, 0.2) is 41.6 Å². The van der Waals surface area contributed by atoms with Crippen molar-refractivity contribution < 1.29 is 32.6 Å². The average Bonchev–Trinajstić information content (AvgIpc) is 3.15. The van der Waals surface area contributed by atoms with Gasteiger partial charge in [0.25, 0.3) is 0 Å². The topological polar surface area (TPSA) is 71.4 Å². The van der Waals surface area contributed by atoms with E-state index in [1.165, 1.54) is 23.3 Å². The lowest BCUT2D eigenvalue weighted by atomic mass is 9.95. The number of oxime groups is 1. The number of nitrogens with zero attached hydrogens (tertiary/aromatic N) is 2. The molecule has 0 spiro atoms. The number of fused-ring (bicyclic) bond motifs is 1. The van der Waals surface area contributed by atoms with E-state index in [4.69, 9.17) is 14.7 Å². The van der Waals surface area contributed by atoms with Gasteiger partial charge in [0.2, 0.25) is 0 Å². The van der Waals surface area contributed by atoms with Crippen LogP contribution in [-0.2, 0) is 28.8 Å². The number of likely N-dealkylation sites (tertiary alicyclic amines) is 1. The molecule has 188 valence electrons. The third-order valence-electron chi connectivity index (χ3n) is 6.45. The summed E-state index contributed by atoms with van der Waals surface area (Å²) in [4.78, 5) is 18.7. The van der Waals surface area contributed by atoms with Crippen LogP contribution in [0.4, 0.5) is 13.2 Å². The Bertz CT molecular complexity index is 1120. The Kier molecular flexibility index (Phi) is 7.07. The first-order chi connectivity index (χ1) is 16.5. The molecule has 0 saturated carbocycles. The first-order valence-electron chi connectivity index (χ1n) is 11.7. The number of rotatable bonds is 8. The van der Waals surface area contributed by atoms with Gasteiger partial charge < -0.3 is 14.7 Å². The fourth-order valence-electron chi connectivity index (χ4n) is 4.62. The molecule has 1 unspecified atom stereocenters. The van der Waals surface area contributed by atoms with Crippen LogP contribution in [0.25, 0.3) is 0 Å². The fraction of sp³-hybridized carbons (Fsp3) is 0.462. The molecule has 1 atom stereocenters. The summed E-state index contributed by atoms with van der Waals surface area (Å²) in [5.74, 6) is -1.23. The zero-order chi connectivity index (χ0) is 25.3. The first-order valence-corrected chi connectivity index (χ1v) is 11.7. The average molecular weight is 491 g/mol. The van der Waals surface area contributed by atoms with Crippen molar-refractivity contribution in [1.82, 2.24) is 4.90 Å². The lowest BCUT2D eigenvalue weighted by Crippen LogP contribution is -2.51. The number of benzene rings is 2. The highest BCUT2D eigenvalue weighted by Gasteiger charge is 2.39. The molecular weight excluding hydrogens is 461 g/mol. The van der Waals surface area contributed by atoms with Gasteiger partial charge in [-0.25, -0.2) is 0 Å². The normalized spacial score (nSPS) is 18.9. The van der Waals surface area contributed by atoms with E-state index in [0.29, 0.717) is 24.4 Å². The van der Waals surface area contributed by atoms with Gasteiger partial charge in [0, 0.05) is 19.1 Å². The number of carboxylic acids is 1. The second kappa shape index (κ2) is 9.89. The largest absolute Gasteiger partial charge is 0.490 e. The molecule has 1 aliphatic carbocycles. The second-order valence-electron chi connectivity index (χ2n) is 9.40. The number of halogens is 3. The maximum absolute atomic E-state index is 13.4. The number of aryl methyl sites for hydroxylation is 1. The summed E-state index contributed by atoms with van der Waals surface area (Å²) in [5.41, 5.74) is 3.44. The summed E-state index contributed by atoms with van der Waals surface area (Å²) in [6.45, 7) is 6.20. The maximum atomic E-state index is 13.4. The van der Waals surface area contributed by atoms with E-state index in [0.717, 1.165) is 24.5 Å². The van der Waals surface area contributed by atoms with Gasteiger partial charge in [-0.15, -0.1) is 0 Å². The molecule has 0 aromatic heterocycles. The summed E-state index contributed by atoms with van der Waals surface area (Å²) in [6.07, 6.45) is -3.05. The Hall–Kier alpha value is -3.07. The number of hydrogen-bond donors (Lipinski definition) is 1. The quantitative estimate of drug-likeness (QED) is 0.394. The summed E-state index contributed by atoms with van der Waals surface area (Å²) >= 11 is 0. The smallest absolute Gasteiger partial charge is 0.419 e. The molecule has 1 aliphatic heterocycles. The van der Waals surface area contributed by atoms with Gasteiger partial charge >= 0.3 is 12.1 Å². The Morgan fingerprint density at radius 3 is 2.60 bits per heavy atom. The molecule has 1 saturated heterocycles. The van der Waals surface area contributed by atoms with Crippen molar-refractivity contribution in [3.63, 3.8) is 0 Å². The Morgan fingerprint density at radius 2 is 1.94 bits per heavy atom. The van der Waals surface area contributed by atoms with E-state index >= 15 is 0 Å². The van der Waals surface area contributed by atoms with E-state index in [2.05, 4.69) is 22.2 Å². The standard InChI is InChI=1S/C26H29F3N2O4/c1-15(2)35-24-9-4-17(10-22(24)26(27,28)29)14-34-30-16(3)18-5-7-21-19(11-18)6-8-23(21)31-12-20(13-31)25(32)33/h4-5,7,9-11,15,20,23H,6,8,12-14H2,1-3H3,(H,32,33)/b30-16+. The predicted octanol–water partition coefficient (Wildman–Crippen LogP) is 5.44. The highest BCUT2D eigenvalue weighted by molar-refractivity contribution is 5.98. The number of aliphatic carboxylic acids is 1. The minimum absolute atomic E-state index is 0.102. The number of hydrogen-bond acceptors (Lipinski definition) is 5. The molecule has 35 heavy (non-hydrogen) atoms. The molecule has 0 bridgehead atoms. The third-order valence-corrected chi connectivity index (χ3v) is 6.45. The zero-order valence-corrected chi connectivity index (χ0v) is 19.9. The van der Waals surface area contributed by atoms with Crippen LogP contribution in [-0.4, -0.2) is 40.9 Å². The lowest BCUT2D eigenvalue weighted by molar-refractivity contribution is -0.148. The van der Waals surface area contributed by atoms with E-state index in [1.807, 2.05) is 6.07 Å². The van der Waals surface area contributed by atoms with Gasteiger partial charge in [-0.05, 0) is 74.1 Å². The van der Waals surface area contributed by atoms with E-state index in [-0.39, 0.29) is 30.4 Å². The second-order valence-corrected chi connectivity index (χ2v) is 9.40. The minimum atomic E-state index is -4.54. The molecule has 2 aromatic carbocycles. The van der Waals surface area contributed by atoms with Crippen LogP contribution in [0.2, 0.25) is 0 Å². The van der Waals surface area contributed by atoms with E-state index in [9.17, 15) is 18.0 Å². The van der Waals surface area contributed by atoms with Crippen LogP contribution in [0.1, 0.15) is 61.1 Å². The molecule has 0 amide bonds. The SMILES string of the molecule is C/C(=N\OCc1ccc(OC(C)C)c(C(F)(F)F)c1)c1ccc2c(c1)CCC2N1CC(C(=O)O)C1. The molecule has 0 radical (unpaired) electrons. The highest BCUT2D eigenvalue weighted by Crippen LogP contribution is 2.40. The molecular formula is C26H29F3N2O4. The monoisotopic (exact) mass is 490 g/mol. The summed E-state index contributed by atoms with van der Waals surface area (Å²) in [7, 11) is 0. The molecule has 4 rings (SSSR count). The van der Waals surface area contributed by atoms with Gasteiger partial charge in [-0.2, -0.15) is 13.2 Å². The van der Waals surface area contributed by atoms with E-state index in [1.54, 1.807) is 20.8 Å². The van der Waals surface area contributed by atoms with Crippen molar-refractivity contribution in [2.24, 2.45) is 11.1 Å². The fourth-order valence-corrected chi connectivity index (χ4v) is 4.62. The molecule has 2 aromatic rings. The molecule has 1 fully saturated rings. The van der Waals surface area contributed by atoms with Crippen molar-refractivity contribution in [1.29, 1.82) is 0 Å². The van der Waals surface area contributed by atoms with Gasteiger partial charge in [-0.1, -0.05) is 23.4 Å². The van der Waals surface area contributed by atoms with E-state index < -0.39 is 17.7 Å². The first kappa shape index (κ1) is 25.0. The van der Waals surface area contributed by atoms with Crippen molar-refractivity contribution >= 4 is 11.7 Å². The van der Waals surface area contributed by atoms with Gasteiger partial charge in [0.05, 0.1) is 23.3 Å². The van der Waals surface area contributed by atoms with Crippen LogP contribution < -0.4 is 4.74 Å². The summed E-state index contributed by atoms with van der Waals surface area (Å²) in [5, 5.41) is 13.2. The van der Waals surface area contributed by atoms with Gasteiger partial charge in [-0.3, -0.25) is 9.69 Å². The Balaban J connectivity index is 1.40. The number of carboxylic acid groups (broad SMARTS) is 1. The predicted molar refractivity (Wildman–Crippen MR) is 124 cm³/mol. The Morgan fingerprint density at radius 1 is 1.20 bits per heavy atom. The molecule has 6 nitrogen and oxygen atoms in total. The summed E-state index contributed by atoms with van der Waals surface area (Å²) in [6, 6.07) is 10.2. The highest BCUT2D eigenvalue weighted by atomic mass is 19.4. The molecule has 9 heteroatoms. The number of alkyl halides is 3.